The van der Waals surface area contributed by atoms with Gasteiger partial charge in [0.15, 0.2) is 0 Å². The molecule has 20 heavy (non-hydrogen) atoms. The van der Waals surface area contributed by atoms with Crippen LogP contribution in [0.2, 0.25) is 10.0 Å². The predicted octanol–water partition coefficient (Wildman–Crippen LogP) is 4.14. The minimum absolute atomic E-state index is 0.225. The van der Waals surface area contributed by atoms with Crippen molar-refractivity contribution in [2.75, 3.05) is 0 Å². The third-order valence-electron chi connectivity index (χ3n) is 3.45. The molecule has 2 aromatic rings. The lowest BCUT2D eigenvalue weighted by molar-refractivity contribution is 0.548. The van der Waals surface area contributed by atoms with Gasteiger partial charge in [0.05, 0.1) is 16.4 Å². The van der Waals surface area contributed by atoms with Crippen LogP contribution in [0, 0.1) is 0 Å². The predicted molar refractivity (Wildman–Crippen MR) is 84.3 cm³/mol. The summed E-state index contributed by atoms with van der Waals surface area (Å²) in [7, 11) is 1.93. The molecule has 0 saturated carbocycles. The lowest BCUT2D eigenvalue weighted by atomic mass is 10.1. The quantitative estimate of drug-likeness (QED) is 0.899. The van der Waals surface area contributed by atoms with Gasteiger partial charge in [-0.2, -0.15) is 5.10 Å². The van der Waals surface area contributed by atoms with Crippen molar-refractivity contribution >= 4 is 23.2 Å². The molecule has 1 aromatic heterocycles. The molecular weight excluding hydrogens is 293 g/mol. The van der Waals surface area contributed by atoms with Crippen molar-refractivity contribution < 1.29 is 0 Å². The van der Waals surface area contributed by atoms with E-state index >= 15 is 0 Å². The highest BCUT2D eigenvalue weighted by Crippen LogP contribution is 2.22. The van der Waals surface area contributed by atoms with Gasteiger partial charge >= 0.3 is 0 Å². The summed E-state index contributed by atoms with van der Waals surface area (Å²) in [5, 5.41) is 9.41. The summed E-state index contributed by atoms with van der Waals surface area (Å²) in [5.41, 5.74) is 3.16. The topological polar surface area (TPSA) is 29.9 Å². The van der Waals surface area contributed by atoms with Gasteiger partial charge in [0.25, 0.3) is 0 Å². The number of nitrogens with one attached hydrogen (secondary N) is 1. The highest BCUT2D eigenvalue weighted by Gasteiger charge is 2.14. The standard InChI is InChI=1S/C15H19Cl2N3/c1-4-13-15(17)14(20(3)19-13)9-18-10(2)11-5-7-12(16)8-6-11/h5-8,10,18H,4,9H2,1-3H3. The van der Waals surface area contributed by atoms with E-state index in [2.05, 4.69) is 24.3 Å². The van der Waals surface area contributed by atoms with E-state index in [1.54, 1.807) is 0 Å². The van der Waals surface area contributed by atoms with Gasteiger partial charge < -0.3 is 5.32 Å². The van der Waals surface area contributed by atoms with Crippen molar-refractivity contribution in [2.45, 2.75) is 32.9 Å². The van der Waals surface area contributed by atoms with Crippen molar-refractivity contribution in [2.24, 2.45) is 7.05 Å². The Balaban J connectivity index is 2.05. The molecule has 1 aromatic carbocycles. The second kappa shape index (κ2) is 6.61. The van der Waals surface area contributed by atoms with Crippen LogP contribution in [0.5, 0.6) is 0 Å². The second-order valence-corrected chi connectivity index (χ2v) is 5.65. The molecule has 108 valence electrons. The zero-order valence-electron chi connectivity index (χ0n) is 12.0. The Labute approximate surface area is 129 Å². The summed E-state index contributed by atoms with van der Waals surface area (Å²) >= 11 is 12.2. The monoisotopic (exact) mass is 311 g/mol. The van der Waals surface area contributed by atoms with Gasteiger partial charge in [0, 0.05) is 24.7 Å². The zero-order chi connectivity index (χ0) is 14.7. The lowest BCUT2D eigenvalue weighted by Gasteiger charge is -2.14. The normalized spacial score (nSPS) is 12.7. The largest absolute Gasteiger partial charge is 0.305 e. The van der Waals surface area contributed by atoms with E-state index < -0.39 is 0 Å². The Kier molecular flexibility index (Phi) is 5.08. The number of benzene rings is 1. The molecule has 1 N–H and O–H groups in total. The Bertz CT molecular complexity index is 576. The minimum atomic E-state index is 0.225. The molecule has 0 amide bonds. The van der Waals surface area contributed by atoms with Crippen LogP contribution in [0.1, 0.15) is 36.8 Å². The number of nitrogens with zero attached hydrogens (tertiary/aromatic N) is 2. The average molecular weight is 312 g/mol. The summed E-state index contributed by atoms with van der Waals surface area (Å²) < 4.78 is 1.85. The van der Waals surface area contributed by atoms with E-state index in [1.807, 2.05) is 36.0 Å². The summed E-state index contributed by atoms with van der Waals surface area (Å²) in [6.07, 6.45) is 0.847. The number of hydrogen-bond acceptors (Lipinski definition) is 2. The van der Waals surface area contributed by atoms with Crippen molar-refractivity contribution in [3.63, 3.8) is 0 Å². The van der Waals surface area contributed by atoms with Crippen LogP contribution in [0.4, 0.5) is 0 Å². The lowest BCUT2D eigenvalue weighted by Crippen LogP contribution is -2.20. The first-order valence-electron chi connectivity index (χ1n) is 6.72. The van der Waals surface area contributed by atoms with E-state index in [9.17, 15) is 0 Å². The number of halogens is 2. The van der Waals surface area contributed by atoms with Crippen molar-refractivity contribution in [1.82, 2.24) is 15.1 Å². The molecule has 0 aliphatic heterocycles. The first-order chi connectivity index (χ1) is 9.52. The van der Waals surface area contributed by atoms with Crippen LogP contribution in [0.3, 0.4) is 0 Å². The zero-order valence-corrected chi connectivity index (χ0v) is 13.5. The fourth-order valence-electron chi connectivity index (χ4n) is 2.13. The maximum atomic E-state index is 6.34. The third kappa shape index (κ3) is 3.35. The Morgan fingerprint density at radius 3 is 2.45 bits per heavy atom. The highest BCUT2D eigenvalue weighted by molar-refractivity contribution is 6.32. The van der Waals surface area contributed by atoms with Crippen LogP contribution in [0.25, 0.3) is 0 Å². The van der Waals surface area contributed by atoms with Gasteiger partial charge in [0.1, 0.15) is 0 Å². The molecule has 0 aliphatic rings. The minimum Gasteiger partial charge on any atom is -0.305 e. The van der Waals surface area contributed by atoms with Gasteiger partial charge in [-0.25, -0.2) is 0 Å². The number of aromatic nitrogens is 2. The fraction of sp³-hybridized carbons (Fsp3) is 0.400. The second-order valence-electron chi connectivity index (χ2n) is 4.84. The summed E-state index contributed by atoms with van der Waals surface area (Å²) in [6.45, 7) is 4.86. The third-order valence-corrected chi connectivity index (χ3v) is 4.14. The van der Waals surface area contributed by atoms with Gasteiger partial charge in [-0.1, -0.05) is 42.3 Å². The molecule has 0 spiro atoms. The molecule has 1 heterocycles. The Morgan fingerprint density at radius 1 is 1.25 bits per heavy atom. The molecule has 5 heteroatoms. The molecule has 1 unspecified atom stereocenters. The van der Waals surface area contributed by atoms with Crippen molar-refractivity contribution in [1.29, 1.82) is 0 Å². The molecule has 0 radical (unpaired) electrons. The van der Waals surface area contributed by atoms with E-state index in [0.29, 0.717) is 6.54 Å². The SMILES string of the molecule is CCc1nn(C)c(CNC(C)c2ccc(Cl)cc2)c1Cl. The molecule has 0 saturated heterocycles. The van der Waals surface area contributed by atoms with Gasteiger partial charge in [-0.15, -0.1) is 0 Å². The Hall–Kier alpha value is -1.03. The van der Waals surface area contributed by atoms with Crippen molar-refractivity contribution in [3.8, 4) is 0 Å². The van der Waals surface area contributed by atoms with Gasteiger partial charge in [-0.3, -0.25) is 4.68 Å². The van der Waals surface area contributed by atoms with E-state index in [0.717, 1.165) is 27.9 Å². The number of rotatable bonds is 5. The Morgan fingerprint density at radius 2 is 1.90 bits per heavy atom. The number of hydrogen-bond donors (Lipinski definition) is 1. The van der Waals surface area contributed by atoms with Crippen LogP contribution in [0.15, 0.2) is 24.3 Å². The van der Waals surface area contributed by atoms with E-state index in [4.69, 9.17) is 23.2 Å². The number of aryl methyl sites for hydroxylation is 2. The molecule has 2 rings (SSSR count). The van der Waals surface area contributed by atoms with Crippen molar-refractivity contribution in [3.05, 3.63) is 51.3 Å². The molecule has 0 aliphatic carbocycles. The van der Waals surface area contributed by atoms with E-state index in [1.165, 1.54) is 5.56 Å². The first kappa shape index (κ1) is 15.4. The molecule has 0 bridgehead atoms. The molecular formula is C15H19Cl2N3. The fourth-order valence-corrected chi connectivity index (χ4v) is 2.62. The summed E-state index contributed by atoms with van der Waals surface area (Å²) in [4.78, 5) is 0. The van der Waals surface area contributed by atoms with Crippen LogP contribution in [-0.4, -0.2) is 9.78 Å². The molecule has 1 atom stereocenters. The highest BCUT2D eigenvalue weighted by atomic mass is 35.5. The summed E-state index contributed by atoms with van der Waals surface area (Å²) in [5.74, 6) is 0. The first-order valence-corrected chi connectivity index (χ1v) is 7.47. The molecule has 3 nitrogen and oxygen atoms in total. The maximum absolute atomic E-state index is 6.34. The van der Waals surface area contributed by atoms with Crippen LogP contribution >= 0.6 is 23.2 Å². The summed E-state index contributed by atoms with van der Waals surface area (Å²) in [6, 6.07) is 8.09. The molecule has 0 fully saturated rings. The van der Waals surface area contributed by atoms with Gasteiger partial charge in [-0.05, 0) is 31.0 Å². The van der Waals surface area contributed by atoms with Crippen LogP contribution < -0.4 is 5.32 Å². The van der Waals surface area contributed by atoms with Gasteiger partial charge in [0.2, 0.25) is 0 Å². The van der Waals surface area contributed by atoms with Crippen LogP contribution in [-0.2, 0) is 20.0 Å². The maximum Gasteiger partial charge on any atom is 0.0863 e. The smallest absolute Gasteiger partial charge is 0.0863 e. The van der Waals surface area contributed by atoms with E-state index in [-0.39, 0.29) is 6.04 Å². The average Bonchev–Trinajstić information content (AvgIpc) is 2.71.